The van der Waals surface area contributed by atoms with Crippen LogP contribution < -0.4 is 20.7 Å². The number of thiophene rings is 1. The minimum absolute atomic E-state index is 0.0188. The van der Waals surface area contributed by atoms with Crippen molar-refractivity contribution in [3.05, 3.63) is 51.7 Å². The molecule has 27 heavy (non-hydrogen) atoms. The Labute approximate surface area is 165 Å². The van der Waals surface area contributed by atoms with Gasteiger partial charge in [0.15, 0.2) is 12.6 Å². The van der Waals surface area contributed by atoms with E-state index >= 15 is 0 Å². The highest BCUT2D eigenvalue weighted by atomic mass is 32.1. The largest absolute Gasteiger partial charge is 0.484 e. The van der Waals surface area contributed by atoms with Crippen LogP contribution in [0, 0.1) is 6.92 Å². The average Bonchev–Trinajstić information content (AvgIpc) is 3.08. The molecule has 2 aromatic rings. The number of carbonyl (C=O) groups excluding carboxylic acids is 1. The molecule has 0 fully saturated rings. The van der Waals surface area contributed by atoms with E-state index in [0.717, 1.165) is 24.6 Å². The second-order valence-electron chi connectivity index (χ2n) is 5.95. The van der Waals surface area contributed by atoms with Gasteiger partial charge in [-0.05, 0) is 50.6 Å². The minimum atomic E-state index is -0.122. The van der Waals surface area contributed by atoms with Crippen molar-refractivity contribution in [3.8, 4) is 5.75 Å². The minimum Gasteiger partial charge on any atom is -0.484 e. The van der Waals surface area contributed by atoms with Crippen molar-refractivity contribution < 1.29 is 9.53 Å². The zero-order valence-electron chi connectivity index (χ0n) is 16.2. The molecule has 6 nitrogen and oxygen atoms in total. The molecule has 0 saturated heterocycles. The van der Waals surface area contributed by atoms with Crippen molar-refractivity contribution in [3.63, 3.8) is 0 Å². The number of aryl methyl sites for hydroxylation is 1. The monoisotopic (exact) mass is 388 g/mol. The quantitative estimate of drug-likeness (QED) is 0.456. The molecule has 3 N–H and O–H groups in total. The highest BCUT2D eigenvalue weighted by Crippen LogP contribution is 2.15. The molecule has 0 radical (unpaired) electrons. The summed E-state index contributed by atoms with van der Waals surface area (Å²) in [4.78, 5) is 18.7. The van der Waals surface area contributed by atoms with Crippen molar-refractivity contribution in [2.45, 2.75) is 33.9 Å². The van der Waals surface area contributed by atoms with Gasteiger partial charge in [0, 0.05) is 22.8 Å². The van der Waals surface area contributed by atoms with Crippen LogP contribution >= 0.6 is 11.3 Å². The molecule has 1 heterocycles. The molecule has 0 bridgehead atoms. The van der Waals surface area contributed by atoms with Crippen molar-refractivity contribution in [2.75, 3.05) is 19.7 Å². The third-order valence-electron chi connectivity index (χ3n) is 3.63. The van der Waals surface area contributed by atoms with E-state index in [1.807, 2.05) is 38.1 Å². The fraction of sp³-hybridized carbons (Fsp3) is 0.400. The first kappa shape index (κ1) is 20.8. The molecule has 7 heteroatoms. The van der Waals surface area contributed by atoms with Gasteiger partial charge >= 0.3 is 0 Å². The average molecular weight is 389 g/mol. The van der Waals surface area contributed by atoms with Gasteiger partial charge in [-0.2, -0.15) is 0 Å². The Balaban J connectivity index is 1.92. The maximum Gasteiger partial charge on any atom is 0.257 e. The van der Waals surface area contributed by atoms with Crippen molar-refractivity contribution in [1.82, 2.24) is 16.0 Å². The van der Waals surface area contributed by atoms with Crippen molar-refractivity contribution >= 4 is 23.2 Å². The SMILES string of the molecule is CCNC(=O)COc1cccc(CN=C(NCC)NCc2ccc(C)s2)c1. The molecule has 1 aromatic carbocycles. The zero-order valence-corrected chi connectivity index (χ0v) is 17.0. The second kappa shape index (κ2) is 11.2. The maximum atomic E-state index is 11.5. The third-order valence-corrected chi connectivity index (χ3v) is 4.63. The van der Waals surface area contributed by atoms with Gasteiger partial charge in [0.05, 0.1) is 13.1 Å². The first-order valence-corrected chi connectivity index (χ1v) is 9.98. The predicted octanol–water partition coefficient (Wildman–Crippen LogP) is 2.83. The Kier molecular flexibility index (Phi) is 8.64. The highest BCUT2D eigenvalue weighted by molar-refractivity contribution is 7.11. The van der Waals surface area contributed by atoms with E-state index in [-0.39, 0.29) is 12.5 Å². The number of hydrogen-bond acceptors (Lipinski definition) is 4. The Hall–Kier alpha value is -2.54. The predicted molar refractivity (Wildman–Crippen MR) is 111 cm³/mol. The molecular formula is C20H28N4O2S. The van der Waals surface area contributed by atoms with Gasteiger partial charge in [-0.3, -0.25) is 4.79 Å². The Bertz CT molecular complexity index is 758. The summed E-state index contributed by atoms with van der Waals surface area (Å²) in [6.45, 7) is 8.72. The van der Waals surface area contributed by atoms with Crippen LogP contribution in [0.5, 0.6) is 5.75 Å². The molecule has 0 aliphatic carbocycles. The Morgan fingerprint density at radius 2 is 1.93 bits per heavy atom. The van der Waals surface area contributed by atoms with Crippen LogP contribution in [0.4, 0.5) is 0 Å². The van der Waals surface area contributed by atoms with E-state index in [1.165, 1.54) is 9.75 Å². The lowest BCUT2D eigenvalue weighted by molar-refractivity contribution is -0.122. The van der Waals surface area contributed by atoms with Gasteiger partial charge in [-0.25, -0.2) is 4.99 Å². The van der Waals surface area contributed by atoms with Crippen LogP contribution in [-0.2, 0) is 17.9 Å². The van der Waals surface area contributed by atoms with Crippen LogP contribution in [0.2, 0.25) is 0 Å². The summed E-state index contributed by atoms with van der Waals surface area (Å²) in [6, 6.07) is 11.9. The van der Waals surface area contributed by atoms with E-state index in [1.54, 1.807) is 11.3 Å². The van der Waals surface area contributed by atoms with E-state index in [0.29, 0.717) is 18.8 Å². The van der Waals surface area contributed by atoms with Gasteiger partial charge in [0.2, 0.25) is 0 Å². The number of rotatable bonds is 9. The third kappa shape index (κ3) is 7.70. The number of aliphatic imine (C=N–C) groups is 1. The second-order valence-corrected chi connectivity index (χ2v) is 7.32. The molecule has 146 valence electrons. The molecule has 0 aliphatic heterocycles. The fourth-order valence-electron chi connectivity index (χ4n) is 2.39. The molecule has 0 atom stereocenters. The summed E-state index contributed by atoms with van der Waals surface area (Å²) in [5.41, 5.74) is 1.02. The summed E-state index contributed by atoms with van der Waals surface area (Å²) in [5.74, 6) is 1.32. The summed E-state index contributed by atoms with van der Waals surface area (Å²) in [5, 5.41) is 9.32. The molecule has 0 unspecified atom stereocenters. The van der Waals surface area contributed by atoms with Crippen molar-refractivity contribution in [1.29, 1.82) is 0 Å². The smallest absolute Gasteiger partial charge is 0.257 e. The zero-order chi connectivity index (χ0) is 19.5. The summed E-state index contributed by atoms with van der Waals surface area (Å²) in [7, 11) is 0. The summed E-state index contributed by atoms with van der Waals surface area (Å²) >= 11 is 1.78. The van der Waals surface area contributed by atoms with Gasteiger partial charge in [0.25, 0.3) is 5.91 Å². The van der Waals surface area contributed by atoms with Crippen molar-refractivity contribution in [2.24, 2.45) is 4.99 Å². The molecule has 0 aliphatic rings. The molecular weight excluding hydrogens is 360 g/mol. The highest BCUT2D eigenvalue weighted by Gasteiger charge is 2.03. The number of ether oxygens (including phenoxy) is 1. The topological polar surface area (TPSA) is 74.8 Å². The maximum absolute atomic E-state index is 11.5. The number of guanidine groups is 1. The van der Waals surface area contributed by atoms with Crippen LogP contribution in [0.3, 0.4) is 0 Å². The number of carbonyl (C=O) groups is 1. The normalized spacial score (nSPS) is 11.1. The lowest BCUT2D eigenvalue weighted by Crippen LogP contribution is -2.36. The lowest BCUT2D eigenvalue weighted by Gasteiger charge is -2.11. The number of hydrogen-bond donors (Lipinski definition) is 3. The van der Waals surface area contributed by atoms with E-state index in [9.17, 15) is 4.79 Å². The molecule has 0 spiro atoms. The standard InChI is InChI=1S/C20H28N4O2S/c1-4-21-19(25)14-26-17-8-6-7-16(11-17)12-23-20(22-5-2)24-13-18-10-9-15(3)27-18/h6-11H,4-5,12-14H2,1-3H3,(H,21,25)(H2,22,23,24). The van der Waals surface area contributed by atoms with Gasteiger partial charge in [-0.1, -0.05) is 12.1 Å². The number of likely N-dealkylation sites (N-methyl/N-ethyl adjacent to an activating group) is 1. The lowest BCUT2D eigenvalue weighted by atomic mass is 10.2. The Morgan fingerprint density at radius 1 is 1.11 bits per heavy atom. The van der Waals surface area contributed by atoms with Crippen LogP contribution in [0.25, 0.3) is 0 Å². The van der Waals surface area contributed by atoms with E-state index < -0.39 is 0 Å². The van der Waals surface area contributed by atoms with Crippen LogP contribution in [0.15, 0.2) is 41.4 Å². The fourth-order valence-corrected chi connectivity index (χ4v) is 3.22. The van der Waals surface area contributed by atoms with Gasteiger partial charge < -0.3 is 20.7 Å². The summed E-state index contributed by atoms with van der Waals surface area (Å²) < 4.78 is 5.53. The number of benzene rings is 1. The molecule has 2 rings (SSSR count). The Morgan fingerprint density at radius 3 is 2.63 bits per heavy atom. The molecule has 0 saturated carbocycles. The van der Waals surface area contributed by atoms with Gasteiger partial charge in [-0.15, -0.1) is 11.3 Å². The first-order chi connectivity index (χ1) is 13.1. The number of amides is 1. The van der Waals surface area contributed by atoms with Crippen LogP contribution in [0.1, 0.15) is 29.2 Å². The number of nitrogens with zero attached hydrogens (tertiary/aromatic N) is 1. The molecule has 1 amide bonds. The van der Waals surface area contributed by atoms with Gasteiger partial charge in [0.1, 0.15) is 5.75 Å². The first-order valence-electron chi connectivity index (χ1n) is 9.16. The molecule has 1 aromatic heterocycles. The van der Waals surface area contributed by atoms with E-state index in [4.69, 9.17) is 4.74 Å². The van der Waals surface area contributed by atoms with E-state index in [2.05, 4.69) is 40.0 Å². The summed E-state index contributed by atoms with van der Waals surface area (Å²) in [6.07, 6.45) is 0. The van der Waals surface area contributed by atoms with Crippen LogP contribution in [-0.4, -0.2) is 31.6 Å². The number of nitrogens with one attached hydrogen (secondary N) is 3.